The van der Waals surface area contributed by atoms with Crippen LogP contribution in [0.3, 0.4) is 0 Å². The predicted octanol–water partition coefficient (Wildman–Crippen LogP) is 2.20. The monoisotopic (exact) mass is 275 g/mol. The summed E-state index contributed by atoms with van der Waals surface area (Å²) in [6.07, 6.45) is 3.35. The van der Waals surface area contributed by atoms with Gasteiger partial charge in [0.25, 0.3) is 0 Å². The first-order valence-electron chi connectivity index (χ1n) is 6.81. The average Bonchev–Trinajstić information content (AvgIpc) is 2.46. The SMILES string of the molecule is CCCCC(C(=O)NCC=N)C(=O)Nc1ccccc1. The molecule has 1 unspecified atom stereocenters. The van der Waals surface area contributed by atoms with Crippen LogP contribution in [0.4, 0.5) is 5.69 Å². The summed E-state index contributed by atoms with van der Waals surface area (Å²) < 4.78 is 0. The van der Waals surface area contributed by atoms with Crippen molar-refractivity contribution in [3.8, 4) is 0 Å². The molecular formula is C15H21N3O2. The van der Waals surface area contributed by atoms with Gasteiger partial charge in [0.1, 0.15) is 5.92 Å². The van der Waals surface area contributed by atoms with Gasteiger partial charge in [0.05, 0.1) is 6.54 Å². The van der Waals surface area contributed by atoms with Crippen LogP contribution in [0.25, 0.3) is 0 Å². The van der Waals surface area contributed by atoms with Crippen LogP contribution in [0.1, 0.15) is 26.2 Å². The second kappa shape index (κ2) is 8.85. The Balaban J connectivity index is 2.68. The van der Waals surface area contributed by atoms with Crippen LogP contribution in [0, 0.1) is 11.3 Å². The largest absolute Gasteiger partial charge is 0.350 e. The molecule has 0 bridgehead atoms. The van der Waals surface area contributed by atoms with Crippen LogP contribution < -0.4 is 10.6 Å². The quantitative estimate of drug-likeness (QED) is 0.502. The zero-order chi connectivity index (χ0) is 14.8. The fourth-order valence-electron chi connectivity index (χ4n) is 1.82. The van der Waals surface area contributed by atoms with Crippen molar-refractivity contribution >= 4 is 23.7 Å². The maximum absolute atomic E-state index is 12.2. The second-order valence-electron chi connectivity index (χ2n) is 4.50. The Kier molecular flexibility index (Phi) is 7.03. The minimum absolute atomic E-state index is 0.153. The molecule has 0 fully saturated rings. The molecule has 108 valence electrons. The maximum Gasteiger partial charge on any atom is 0.236 e. The van der Waals surface area contributed by atoms with Crippen LogP contribution >= 0.6 is 0 Å². The van der Waals surface area contributed by atoms with E-state index in [4.69, 9.17) is 5.41 Å². The number of benzene rings is 1. The van der Waals surface area contributed by atoms with Gasteiger partial charge in [-0.2, -0.15) is 0 Å². The molecule has 0 saturated carbocycles. The molecule has 1 rings (SSSR count). The summed E-state index contributed by atoms with van der Waals surface area (Å²) in [5, 5.41) is 12.2. The van der Waals surface area contributed by atoms with Crippen molar-refractivity contribution in [3.63, 3.8) is 0 Å². The number of hydrogen-bond donors (Lipinski definition) is 3. The van der Waals surface area contributed by atoms with E-state index in [2.05, 4.69) is 10.6 Å². The Hall–Kier alpha value is -2.17. The topological polar surface area (TPSA) is 82.1 Å². The molecule has 1 atom stereocenters. The molecule has 0 radical (unpaired) electrons. The number of para-hydroxylation sites is 1. The molecule has 20 heavy (non-hydrogen) atoms. The van der Waals surface area contributed by atoms with Crippen molar-refractivity contribution in [1.29, 1.82) is 5.41 Å². The van der Waals surface area contributed by atoms with Crippen molar-refractivity contribution < 1.29 is 9.59 Å². The normalized spacial score (nSPS) is 11.4. The third-order valence-corrected chi connectivity index (χ3v) is 2.90. The number of rotatable bonds is 8. The molecule has 5 heteroatoms. The summed E-state index contributed by atoms with van der Waals surface area (Å²) in [7, 11) is 0. The van der Waals surface area contributed by atoms with Gasteiger partial charge in [-0.15, -0.1) is 0 Å². The summed E-state index contributed by atoms with van der Waals surface area (Å²) in [5.74, 6) is -1.34. The molecule has 0 heterocycles. The van der Waals surface area contributed by atoms with Crippen molar-refractivity contribution in [2.45, 2.75) is 26.2 Å². The zero-order valence-corrected chi connectivity index (χ0v) is 11.7. The Bertz CT molecular complexity index is 446. The first-order chi connectivity index (χ1) is 9.69. The van der Waals surface area contributed by atoms with E-state index in [1.165, 1.54) is 0 Å². The van der Waals surface area contributed by atoms with Crippen molar-refractivity contribution in [1.82, 2.24) is 5.32 Å². The minimum atomic E-state index is -0.713. The number of nitrogens with one attached hydrogen (secondary N) is 3. The van der Waals surface area contributed by atoms with E-state index < -0.39 is 5.92 Å². The van der Waals surface area contributed by atoms with Crippen LogP contribution in [-0.4, -0.2) is 24.6 Å². The third kappa shape index (κ3) is 5.22. The second-order valence-corrected chi connectivity index (χ2v) is 4.50. The maximum atomic E-state index is 12.2. The van der Waals surface area contributed by atoms with Gasteiger partial charge in [-0.3, -0.25) is 9.59 Å². The highest BCUT2D eigenvalue weighted by molar-refractivity contribution is 6.06. The lowest BCUT2D eigenvalue weighted by Crippen LogP contribution is -2.38. The van der Waals surface area contributed by atoms with E-state index in [-0.39, 0.29) is 18.4 Å². The highest BCUT2D eigenvalue weighted by Crippen LogP contribution is 2.13. The molecule has 0 saturated heterocycles. The smallest absolute Gasteiger partial charge is 0.236 e. The summed E-state index contributed by atoms with van der Waals surface area (Å²) in [6, 6.07) is 9.08. The first-order valence-corrected chi connectivity index (χ1v) is 6.81. The Morgan fingerprint density at radius 3 is 2.55 bits per heavy atom. The van der Waals surface area contributed by atoms with Crippen LogP contribution in [0.5, 0.6) is 0 Å². The molecular weight excluding hydrogens is 254 g/mol. The number of unbranched alkanes of at least 4 members (excludes halogenated alkanes) is 1. The van der Waals surface area contributed by atoms with Crippen molar-refractivity contribution in [2.24, 2.45) is 5.92 Å². The van der Waals surface area contributed by atoms with E-state index in [1.807, 2.05) is 25.1 Å². The lowest BCUT2D eigenvalue weighted by atomic mass is 10.00. The number of carbonyl (C=O) groups excluding carboxylic acids is 2. The number of amides is 2. The summed E-state index contributed by atoms with van der Waals surface area (Å²) in [6.45, 7) is 2.17. The Morgan fingerprint density at radius 1 is 1.25 bits per heavy atom. The van der Waals surface area contributed by atoms with Gasteiger partial charge in [-0.25, -0.2) is 0 Å². The fourth-order valence-corrected chi connectivity index (χ4v) is 1.82. The molecule has 2 amide bonds. The standard InChI is InChI=1S/C15H21N3O2/c1-2-3-9-13(14(19)17-11-10-16)15(20)18-12-7-5-4-6-8-12/h4-8,10,13,16H,2-3,9,11H2,1H3,(H,17,19)(H,18,20). The van der Waals surface area contributed by atoms with Gasteiger partial charge in [0, 0.05) is 11.9 Å². The van der Waals surface area contributed by atoms with Crippen LogP contribution in [0.2, 0.25) is 0 Å². The predicted molar refractivity (Wildman–Crippen MR) is 79.9 cm³/mol. The van der Waals surface area contributed by atoms with E-state index in [9.17, 15) is 9.59 Å². The van der Waals surface area contributed by atoms with Gasteiger partial charge in [0.15, 0.2) is 0 Å². The first kappa shape index (κ1) is 15.9. The third-order valence-electron chi connectivity index (χ3n) is 2.90. The van der Waals surface area contributed by atoms with E-state index in [1.54, 1.807) is 12.1 Å². The van der Waals surface area contributed by atoms with Gasteiger partial charge in [-0.1, -0.05) is 38.0 Å². The van der Waals surface area contributed by atoms with Crippen LogP contribution in [-0.2, 0) is 9.59 Å². The molecule has 5 nitrogen and oxygen atoms in total. The lowest BCUT2D eigenvalue weighted by Gasteiger charge is -2.15. The molecule has 0 aliphatic carbocycles. The zero-order valence-electron chi connectivity index (χ0n) is 11.7. The van der Waals surface area contributed by atoms with E-state index >= 15 is 0 Å². The van der Waals surface area contributed by atoms with Crippen molar-refractivity contribution in [2.75, 3.05) is 11.9 Å². The van der Waals surface area contributed by atoms with E-state index in [0.717, 1.165) is 19.1 Å². The lowest BCUT2D eigenvalue weighted by molar-refractivity contribution is -0.132. The average molecular weight is 275 g/mol. The van der Waals surface area contributed by atoms with Gasteiger partial charge in [0.2, 0.25) is 11.8 Å². The van der Waals surface area contributed by atoms with Gasteiger partial charge in [-0.05, 0) is 18.6 Å². The van der Waals surface area contributed by atoms with Crippen molar-refractivity contribution in [3.05, 3.63) is 30.3 Å². The fraction of sp³-hybridized carbons (Fsp3) is 0.400. The molecule has 0 spiro atoms. The Morgan fingerprint density at radius 2 is 1.95 bits per heavy atom. The molecule has 0 aliphatic heterocycles. The highest BCUT2D eigenvalue weighted by Gasteiger charge is 2.25. The Labute approximate surface area is 119 Å². The molecule has 0 aromatic heterocycles. The van der Waals surface area contributed by atoms with Gasteiger partial charge >= 0.3 is 0 Å². The molecule has 3 N–H and O–H groups in total. The highest BCUT2D eigenvalue weighted by atomic mass is 16.2. The molecule has 1 aromatic carbocycles. The summed E-state index contributed by atoms with van der Waals surface area (Å²) >= 11 is 0. The number of carbonyl (C=O) groups is 2. The minimum Gasteiger partial charge on any atom is -0.350 e. The summed E-state index contributed by atoms with van der Waals surface area (Å²) in [5.41, 5.74) is 0.679. The molecule has 1 aromatic rings. The number of hydrogen-bond acceptors (Lipinski definition) is 3. The van der Waals surface area contributed by atoms with Crippen LogP contribution in [0.15, 0.2) is 30.3 Å². The summed E-state index contributed by atoms with van der Waals surface area (Å²) in [4.78, 5) is 24.2. The van der Waals surface area contributed by atoms with Gasteiger partial charge < -0.3 is 16.0 Å². The number of anilines is 1. The van der Waals surface area contributed by atoms with E-state index in [0.29, 0.717) is 12.1 Å². The molecule has 0 aliphatic rings.